The Labute approximate surface area is 122 Å². The van der Waals surface area contributed by atoms with Crippen LogP contribution in [-0.2, 0) is 4.74 Å². The van der Waals surface area contributed by atoms with Crippen LogP contribution in [0.4, 0.5) is 0 Å². The van der Waals surface area contributed by atoms with Gasteiger partial charge in [-0.25, -0.2) is 0 Å². The lowest BCUT2D eigenvalue weighted by molar-refractivity contribution is 0.0612. The van der Waals surface area contributed by atoms with Crippen LogP contribution in [0.25, 0.3) is 0 Å². The van der Waals surface area contributed by atoms with Gasteiger partial charge in [0.25, 0.3) is 0 Å². The Hall–Kier alpha value is -0.860. The van der Waals surface area contributed by atoms with Gasteiger partial charge in [-0.15, -0.1) is 0 Å². The van der Waals surface area contributed by atoms with E-state index in [0.717, 1.165) is 19.1 Å². The van der Waals surface area contributed by atoms with Gasteiger partial charge in [-0.05, 0) is 48.8 Å². The Kier molecular flexibility index (Phi) is 4.42. The van der Waals surface area contributed by atoms with Crippen LogP contribution in [0, 0.1) is 5.92 Å². The monoisotopic (exact) mass is 273 g/mol. The molecule has 3 rings (SSSR count). The molecule has 3 atom stereocenters. The SMILES string of the molecule is CCNC(c1cccc(C2CCC2)c1)C1OCCC1C. The number of rotatable bonds is 5. The molecule has 1 aliphatic carbocycles. The van der Waals surface area contributed by atoms with E-state index in [0.29, 0.717) is 18.1 Å². The summed E-state index contributed by atoms with van der Waals surface area (Å²) in [5.74, 6) is 1.45. The Morgan fingerprint density at radius 1 is 1.30 bits per heavy atom. The first-order valence-electron chi connectivity index (χ1n) is 8.24. The second kappa shape index (κ2) is 6.28. The van der Waals surface area contributed by atoms with Crippen LogP contribution in [0.3, 0.4) is 0 Å². The molecule has 1 saturated heterocycles. The minimum atomic E-state index is 0.326. The lowest BCUT2D eigenvalue weighted by atomic mass is 9.79. The molecule has 1 saturated carbocycles. The smallest absolute Gasteiger partial charge is 0.0795 e. The summed E-state index contributed by atoms with van der Waals surface area (Å²) in [5.41, 5.74) is 2.94. The topological polar surface area (TPSA) is 21.3 Å². The van der Waals surface area contributed by atoms with Crippen molar-refractivity contribution in [3.63, 3.8) is 0 Å². The van der Waals surface area contributed by atoms with Crippen molar-refractivity contribution >= 4 is 0 Å². The molecule has 1 heterocycles. The summed E-state index contributed by atoms with van der Waals surface area (Å²) in [7, 11) is 0. The zero-order chi connectivity index (χ0) is 13.9. The maximum atomic E-state index is 6.01. The highest BCUT2D eigenvalue weighted by atomic mass is 16.5. The van der Waals surface area contributed by atoms with Gasteiger partial charge in [-0.1, -0.05) is 44.5 Å². The Morgan fingerprint density at radius 3 is 2.75 bits per heavy atom. The summed E-state index contributed by atoms with van der Waals surface area (Å²) in [6.07, 6.45) is 5.65. The molecule has 1 aromatic carbocycles. The summed E-state index contributed by atoms with van der Waals surface area (Å²) in [6, 6.07) is 9.56. The average molecular weight is 273 g/mol. The number of ether oxygens (including phenoxy) is 1. The van der Waals surface area contributed by atoms with Gasteiger partial charge in [0.2, 0.25) is 0 Å². The number of benzene rings is 1. The van der Waals surface area contributed by atoms with Crippen molar-refractivity contribution in [1.82, 2.24) is 5.32 Å². The second-order valence-corrected chi connectivity index (χ2v) is 6.43. The van der Waals surface area contributed by atoms with Gasteiger partial charge in [-0.2, -0.15) is 0 Å². The number of nitrogens with one attached hydrogen (secondary N) is 1. The first-order chi connectivity index (χ1) is 9.79. The predicted molar refractivity (Wildman–Crippen MR) is 83.0 cm³/mol. The van der Waals surface area contributed by atoms with E-state index in [4.69, 9.17) is 4.74 Å². The molecule has 110 valence electrons. The summed E-state index contributed by atoms with van der Waals surface area (Å²) >= 11 is 0. The molecule has 3 unspecified atom stereocenters. The van der Waals surface area contributed by atoms with Crippen LogP contribution in [0.2, 0.25) is 0 Å². The third-order valence-corrected chi connectivity index (χ3v) is 5.04. The van der Waals surface area contributed by atoms with Crippen LogP contribution in [0.15, 0.2) is 24.3 Å². The Balaban J connectivity index is 1.82. The Bertz CT molecular complexity index is 441. The van der Waals surface area contributed by atoms with Crippen molar-refractivity contribution in [2.75, 3.05) is 13.2 Å². The molecule has 2 nitrogen and oxygen atoms in total. The van der Waals surface area contributed by atoms with E-state index in [2.05, 4.69) is 43.4 Å². The lowest BCUT2D eigenvalue weighted by Crippen LogP contribution is -2.34. The molecule has 0 spiro atoms. The molecule has 1 aliphatic heterocycles. The van der Waals surface area contributed by atoms with Gasteiger partial charge in [0, 0.05) is 6.61 Å². The first-order valence-corrected chi connectivity index (χ1v) is 8.24. The summed E-state index contributed by atoms with van der Waals surface area (Å²) in [6.45, 7) is 6.40. The molecule has 1 N–H and O–H groups in total. The van der Waals surface area contributed by atoms with Crippen molar-refractivity contribution < 1.29 is 4.74 Å². The highest BCUT2D eigenvalue weighted by molar-refractivity contribution is 5.30. The van der Waals surface area contributed by atoms with Crippen molar-refractivity contribution in [2.24, 2.45) is 5.92 Å². The maximum absolute atomic E-state index is 6.01. The van der Waals surface area contributed by atoms with Crippen molar-refractivity contribution in [1.29, 1.82) is 0 Å². The molecule has 0 radical (unpaired) electrons. The quantitative estimate of drug-likeness (QED) is 0.874. The summed E-state index contributed by atoms with van der Waals surface area (Å²) < 4.78 is 6.01. The molecule has 20 heavy (non-hydrogen) atoms. The third kappa shape index (κ3) is 2.77. The standard InChI is InChI=1S/C18H27NO/c1-3-19-17(18-13(2)10-11-20-18)16-9-5-8-15(12-16)14-6-4-7-14/h5,8-9,12-14,17-19H,3-4,6-7,10-11H2,1-2H3. The van der Waals surface area contributed by atoms with E-state index in [1.807, 2.05) is 0 Å². The van der Waals surface area contributed by atoms with Crippen molar-refractivity contribution in [3.8, 4) is 0 Å². The fraction of sp³-hybridized carbons (Fsp3) is 0.667. The van der Waals surface area contributed by atoms with Gasteiger partial charge in [-0.3, -0.25) is 0 Å². The lowest BCUT2D eigenvalue weighted by Gasteiger charge is -2.30. The van der Waals surface area contributed by atoms with Gasteiger partial charge in [0.1, 0.15) is 0 Å². The van der Waals surface area contributed by atoms with E-state index in [9.17, 15) is 0 Å². The van der Waals surface area contributed by atoms with Crippen LogP contribution >= 0.6 is 0 Å². The van der Waals surface area contributed by atoms with E-state index >= 15 is 0 Å². The van der Waals surface area contributed by atoms with Gasteiger partial charge in [0.15, 0.2) is 0 Å². The van der Waals surface area contributed by atoms with Crippen LogP contribution in [-0.4, -0.2) is 19.3 Å². The van der Waals surface area contributed by atoms with E-state index in [-0.39, 0.29) is 0 Å². The van der Waals surface area contributed by atoms with Crippen LogP contribution in [0.5, 0.6) is 0 Å². The highest BCUT2D eigenvalue weighted by Gasteiger charge is 2.33. The van der Waals surface area contributed by atoms with Gasteiger partial charge in [0.05, 0.1) is 12.1 Å². The summed E-state index contributed by atoms with van der Waals surface area (Å²) in [4.78, 5) is 0. The average Bonchev–Trinajstić information content (AvgIpc) is 2.80. The molecule has 0 bridgehead atoms. The Morgan fingerprint density at radius 2 is 2.15 bits per heavy atom. The number of hydrogen-bond acceptors (Lipinski definition) is 2. The molecule has 2 heteroatoms. The minimum Gasteiger partial charge on any atom is -0.376 e. The third-order valence-electron chi connectivity index (χ3n) is 5.04. The van der Waals surface area contributed by atoms with Crippen molar-refractivity contribution in [3.05, 3.63) is 35.4 Å². The molecule has 1 aromatic rings. The van der Waals surface area contributed by atoms with E-state index in [1.165, 1.54) is 36.8 Å². The maximum Gasteiger partial charge on any atom is 0.0795 e. The van der Waals surface area contributed by atoms with Crippen molar-refractivity contribution in [2.45, 2.75) is 57.6 Å². The van der Waals surface area contributed by atoms with Crippen LogP contribution < -0.4 is 5.32 Å². The minimum absolute atomic E-state index is 0.326. The molecule has 0 aromatic heterocycles. The molecule has 2 fully saturated rings. The van der Waals surface area contributed by atoms with E-state index < -0.39 is 0 Å². The molecular weight excluding hydrogens is 246 g/mol. The zero-order valence-corrected chi connectivity index (χ0v) is 12.8. The zero-order valence-electron chi connectivity index (χ0n) is 12.8. The fourth-order valence-corrected chi connectivity index (χ4v) is 3.53. The fourth-order valence-electron chi connectivity index (χ4n) is 3.53. The normalized spacial score (nSPS) is 28.3. The molecular formula is C18H27NO. The van der Waals surface area contributed by atoms with Gasteiger partial charge < -0.3 is 10.1 Å². The van der Waals surface area contributed by atoms with Crippen LogP contribution in [0.1, 0.15) is 62.6 Å². The first kappa shape index (κ1) is 14.1. The van der Waals surface area contributed by atoms with E-state index in [1.54, 1.807) is 0 Å². The number of hydrogen-bond donors (Lipinski definition) is 1. The summed E-state index contributed by atoms with van der Waals surface area (Å²) in [5, 5.41) is 3.65. The molecule has 0 amide bonds. The molecule has 2 aliphatic rings. The largest absolute Gasteiger partial charge is 0.376 e. The highest BCUT2D eigenvalue weighted by Crippen LogP contribution is 2.38. The second-order valence-electron chi connectivity index (χ2n) is 6.43. The van der Waals surface area contributed by atoms with Gasteiger partial charge >= 0.3 is 0 Å². The predicted octanol–water partition coefficient (Wildman–Crippen LogP) is 4.03. The number of likely N-dealkylation sites (N-methyl/N-ethyl adjacent to an activating group) is 1.